The topological polar surface area (TPSA) is 43.8 Å². The van der Waals surface area contributed by atoms with Crippen molar-refractivity contribution in [1.29, 1.82) is 0 Å². The Morgan fingerprint density at radius 2 is 2.00 bits per heavy atom. The summed E-state index contributed by atoms with van der Waals surface area (Å²) in [6.07, 6.45) is 5.61. The molecule has 0 spiro atoms. The van der Waals surface area contributed by atoms with Crippen molar-refractivity contribution >= 4 is 21.7 Å². The van der Waals surface area contributed by atoms with Gasteiger partial charge in [0.2, 0.25) is 0 Å². The van der Waals surface area contributed by atoms with Crippen molar-refractivity contribution in [2.75, 3.05) is 5.73 Å². The van der Waals surface area contributed by atoms with E-state index in [4.69, 9.17) is 5.73 Å². The van der Waals surface area contributed by atoms with E-state index in [9.17, 15) is 0 Å². The number of hydrogen-bond acceptors (Lipinski definition) is 2. The molecule has 0 aliphatic rings. The molecule has 0 unspecified atom stereocenters. The Bertz CT molecular complexity index is 409. The number of nitrogen functional groups attached to an aromatic ring is 1. The van der Waals surface area contributed by atoms with Crippen LogP contribution in [0.4, 0.5) is 5.82 Å². The Balaban J connectivity index is 2.57. The summed E-state index contributed by atoms with van der Waals surface area (Å²) >= 11 is 3.41. The summed E-state index contributed by atoms with van der Waals surface area (Å²) in [5, 5.41) is 0. The van der Waals surface area contributed by atoms with Gasteiger partial charge in [-0.2, -0.15) is 0 Å². The highest BCUT2D eigenvalue weighted by Crippen LogP contribution is 2.21. The van der Waals surface area contributed by atoms with Gasteiger partial charge in [-0.25, -0.2) is 4.98 Å². The molecule has 4 heteroatoms. The first kappa shape index (κ1) is 8.31. The van der Waals surface area contributed by atoms with Crippen LogP contribution in [-0.2, 0) is 0 Å². The molecule has 0 saturated carbocycles. The molecule has 2 N–H and O–H groups in total. The van der Waals surface area contributed by atoms with Gasteiger partial charge in [-0.1, -0.05) is 0 Å². The standard InChI is InChI=1S/C9H8BrN3/c10-7-6-12-9(11)5-8(7)13-3-1-2-4-13/h1-6H,(H2,11,12). The lowest BCUT2D eigenvalue weighted by Crippen LogP contribution is -1.96. The third-order valence-electron chi connectivity index (χ3n) is 1.74. The van der Waals surface area contributed by atoms with Crippen molar-refractivity contribution in [3.8, 4) is 5.69 Å². The summed E-state index contributed by atoms with van der Waals surface area (Å²) in [5.41, 5.74) is 6.59. The molecular weight excluding hydrogens is 230 g/mol. The first-order valence-corrected chi connectivity index (χ1v) is 4.61. The van der Waals surface area contributed by atoms with Crippen LogP contribution in [0.25, 0.3) is 5.69 Å². The molecule has 0 atom stereocenters. The fourth-order valence-corrected chi connectivity index (χ4v) is 1.56. The molecule has 2 heterocycles. The molecule has 0 fully saturated rings. The Morgan fingerprint density at radius 3 is 2.69 bits per heavy atom. The summed E-state index contributed by atoms with van der Waals surface area (Å²) < 4.78 is 2.90. The summed E-state index contributed by atoms with van der Waals surface area (Å²) in [7, 11) is 0. The number of hydrogen-bond donors (Lipinski definition) is 1. The van der Waals surface area contributed by atoms with E-state index >= 15 is 0 Å². The molecule has 0 saturated heterocycles. The van der Waals surface area contributed by atoms with Gasteiger partial charge in [-0.05, 0) is 28.1 Å². The minimum Gasteiger partial charge on any atom is -0.384 e. The molecule has 2 aromatic rings. The molecule has 2 rings (SSSR count). The summed E-state index contributed by atoms with van der Waals surface area (Å²) in [6, 6.07) is 5.75. The van der Waals surface area contributed by atoms with E-state index in [-0.39, 0.29) is 0 Å². The lowest BCUT2D eigenvalue weighted by molar-refractivity contribution is 1.06. The van der Waals surface area contributed by atoms with Gasteiger partial charge in [0.25, 0.3) is 0 Å². The van der Waals surface area contributed by atoms with Crippen molar-refractivity contribution in [2.24, 2.45) is 0 Å². The summed E-state index contributed by atoms with van der Waals surface area (Å²) in [5.74, 6) is 0.520. The van der Waals surface area contributed by atoms with Gasteiger partial charge in [0.15, 0.2) is 0 Å². The second-order valence-corrected chi connectivity index (χ2v) is 3.51. The summed E-state index contributed by atoms with van der Waals surface area (Å²) in [6.45, 7) is 0. The van der Waals surface area contributed by atoms with Crippen molar-refractivity contribution < 1.29 is 0 Å². The normalized spacial score (nSPS) is 10.2. The molecule has 0 aliphatic carbocycles. The van der Waals surface area contributed by atoms with Crippen LogP contribution >= 0.6 is 15.9 Å². The summed E-state index contributed by atoms with van der Waals surface area (Å²) in [4.78, 5) is 3.97. The van der Waals surface area contributed by atoms with E-state index in [1.807, 2.05) is 35.2 Å². The number of pyridine rings is 1. The van der Waals surface area contributed by atoms with Gasteiger partial charge in [-0.3, -0.25) is 0 Å². The van der Waals surface area contributed by atoms with Crippen LogP contribution in [0.5, 0.6) is 0 Å². The van der Waals surface area contributed by atoms with Crippen molar-refractivity contribution in [1.82, 2.24) is 9.55 Å². The Hall–Kier alpha value is -1.29. The number of nitrogens with two attached hydrogens (primary N) is 1. The first-order valence-electron chi connectivity index (χ1n) is 3.82. The molecule has 66 valence electrons. The van der Waals surface area contributed by atoms with Crippen molar-refractivity contribution in [2.45, 2.75) is 0 Å². The molecule has 0 amide bonds. The van der Waals surface area contributed by atoms with Gasteiger partial charge >= 0.3 is 0 Å². The van der Waals surface area contributed by atoms with E-state index in [0.29, 0.717) is 5.82 Å². The van der Waals surface area contributed by atoms with Crippen LogP contribution in [0.2, 0.25) is 0 Å². The van der Waals surface area contributed by atoms with Crippen LogP contribution in [0.3, 0.4) is 0 Å². The second kappa shape index (κ2) is 3.22. The van der Waals surface area contributed by atoms with E-state index in [1.165, 1.54) is 0 Å². The maximum Gasteiger partial charge on any atom is 0.125 e. The fourth-order valence-electron chi connectivity index (χ4n) is 1.14. The number of halogens is 1. The van der Waals surface area contributed by atoms with Gasteiger partial charge < -0.3 is 10.3 Å². The minimum atomic E-state index is 0.520. The SMILES string of the molecule is Nc1cc(-n2cccc2)c(Br)cn1. The third kappa shape index (κ3) is 1.58. The molecule has 0 radical (unpaired) electrons. The molecule has 0 aromatic carbocycles. The number of aromatic nitrogens is 2. The van der Waals surface area contributed by atoms with Crippen molar-refractivity contribution in [3.63, 3.8) is 0 Å². The Morgan fingerprint density at radius 1 is 1.31 bits per heavy atom. The predicted octanol–water partition coefficient (Wildman–Crippen LogP) is 2.22. The highest BCUT2D eigenvalue weighted by Gasteiger charge is 2.01. The first-order chi connectivity index (χ1) is 6.27. The quantitative estimate of drug-likeness (QED) is 0.827. The van der Waals surface area contributed by atoms with Gasteiger partial charge in [-0.15, -0.1) is 0 Å². The zero-order valence-electron chi connectivity index (χ0n) is 6.81. The van der Waals surface area contributed by atoms with Gasteiger partial charge in [0.05, 0.1) is 10.2 Å². The average molecular weight is 238 g/mol. The molecule has 0 aliphatic heterocycles. The van der Waals surface area contributed by atoms with Crippen LogP contribution in [0.15, 0.2) is 41.3 Å². The maximum atomic E-state index is 5.59. The third-order valence-corrected chi connectivity index (χ3v) is 2.35. The van der Waals surface area contributed by atoms with E-state index in [0.717, 1.165) is 10.2 Å². The van der Waals surface area contributed by atoms with Gasteiger partial charge in [0, 0.05) is 24.7 Å². The monoisotopic (exact) mass is 237 g/mol. The second-order valence-electron chi connectivity index (χ2n) is 2.65. The lowest BCUT2D eigenvalue weighted by Gasteiger charge is -2.05. The highest BCUT2D eigenvalue weighted by molar-refractivity contribution is 9.10. The van der Waals surface area contributed by atoms with E-state index in [1.54, 1.807) is 6.20 Å². The zero-order valence-corrected chi connectivity index (χ0v) is 8.40. The van der Waals surface area contributed by atoms with Gasteiger partial charge in [0.1, 0.15) is 5.82 Å². The van der Waals surface area contributed by atoms with Crippen LogP contribution in [-0.4, -0.2) is 9.55 Å². The maximum absolute atomic E-state index is 5.59. The predicted molar refractivity (Wildman–Crippen MR) is 55.7 cm³/mol. The average Bonchev–Trinajstić information content (AvgIpc) is 2.61. The number of rotatable bonds is 1. The van der Waals surface area contributed by atoms with E-state index in [2.05, 4.69) is 20.9 Å². The highest BCUT2D eigenvalue weighted by atomic mass is 79.9. The van der Waals surface area contributed by atoms with Crippen LogP contribution in [0, 0.1) is 0 Å². The van der Waals surface area contributed by atoms with E-state index < -0.39 is 0 Å². The minimum absolute atomic E-state index is 0.520. The molecule has 0 bridgehead atoms. The largest absolute Gasteiger partial charge is 0.384 e. The smallest absolute Gasteiger partial charge is 0.125 e. The molecule has 13 heavy (non-hydrogen) atoms. The Kier molecular flexibility index (Phi) is 2.06. The zero-order chi connectivity index (χ0) is 9.26. The van der Waals surface area contributed by atoms with Crippen LogP contribution in [0.1, 0.15) is 0 Å². The van der Waals surface area contributed by atoms with Crippen LogP contribution < -0.4 is 5.73 Å². The molecule has 3 nitrogen and oxygen atoms in total. The Labute approximate surface area is 84.3 Å². The molecule has 2 aromatic heterocycles. The molecular formula is C9H8BrN3. The number of nitrogens with zero attached hydrogens (tertiary/aromatic N) is 2. The van der Waals surface area contributed by atoms with Crippen molar-refractivity contribution in [3.05, 3.63) is 41.3 Å². The fraction of sp³-hybridized carbons (Fsp3) is 0. The number of anilines is 1. The lowest BCUT2D eigenvalue weighted by atomic mass is 10.4.